The molecule has 0 N–H and O–H groups in total. The van der Waals surface area contributed by atoms with Crippen LogP contribution in [0.5, 0.6) is 0 Å². The van der Waals surface area contributed by atoms with Crippen LogP contribution in [0.4, 0.5) is 0 Å². The summed E-state index contributed by atoms with van der Waals surface area (Å²) in [5, 5.41) is 0. The Labute approximate surface area is 116 Å². The predicted octanol–water partition coefficient (Wildman–Crippen LogP) is 5.41. The average Bonchev–Trinajstić information content (AvgIpc) is 2.80. The molecule has 0 aliphatic rings. The van der Waals surface area contributed by atoms with Gasteiger partial charge in [-0.1, -0.05) is 46.6 Å². The third-order valence-corrected chi connectivity index (χ3v) is 5.57. The molecule has 1 aromatic carbocycles. The Morgan fingerprint density at radius 3 is 2.59 bits per heavy atom. The second kappa shape index (κ2) is 5.36. The standard InChI is InChI=1S/C15H17BrS/c1-4-12-7-8-14(17-12)15(16)13-9-10(2)5-6-11(13)3/h5-9,15H,4H2,1-3H3. The lowest BCUT2D eigenvalue weighted by Gasteiger charge is -2.12. The molecule has 1 heterocycles. The fraction of sp³-hybridized carbons (Fsp3) is 0.333. The quantitative estimate of drug-likeness (QED) is 0.665. The van der Waals surface area contributed by atoms with Crippen LogP contribution in [0, 0.1) is 13.8 Å². The molecule has 1 unspecified atom stereocenters. The van der Waals surface area contributed by atoms with Crippen LogP contribution in [-0.2, 0) is 6.42 Å². The molecule has 2 rings (SSSR count). The summed E-state index contributed by atoms with van der Waals surface area (Å²) in [5.74, 6) is 0. The second-order valence-electron chi connectivity index (χ2n) is 4.38. The maximum atomic E-state index is 3.83. The third-order valence-electron chi connectivity index (χ3n) is 2.99. The molecule has 17 heavy (non-hydrogen) atoms. The van der Waals surface area contributed by atoms with Gasteiger partial charge in [0.2, 0.25) is 0 Å². The molecule has 0 fully saturated rings. The van der Waals surface area contributed by atoms with Crippen LogP contribution in [0.25, 0.3) is 0 Å². The summed E-state index contributed by atoms with van der Waals surface area (Å²) in [6.45, 7) is 6.53. The number of rotatable bonds is 3. The molecule has 90 valence electrons. The van der Waals surface area contributed by atoms with Crippen LogP contribution < -0.4 is 0 Å². The van der Waals surface area contributed by atoms with E-state index in [9.17, 15) is 0 Å². The molecule has 2 aromatic rings. The van der Waals surface area contributed by atoms with Crippen LogP contribution in [0.1, 0.15) is 38.2 Å². The van der Waals surface area contributed by atoms with Crippen molar-refractivity contribution in [3.8, 4) is 0 Å². The van der Waals surface area contributed by atoms with Crippen molar-refractivity contribution in [2.75, 3.05) is 0 Å². The maximum absolute atomic E-state index is 3.83. The van der Waals surface area contributed by atoms with Gasteiger partial charge in [-0.05, 0) is 43.5 Å². The van der Waals surface area contributed by atoms with Crippen LogP contribution in [0.3, 0.4) is 0 Å². The normalized spacial score (nSPS) is 12.7. The van der Waals surface area contributed by atoms with E-state index in [1.807, 2.05) is 11.3 Å². The number of hydrogen-bond donors (Lipinski definition) is 0. The van der Waals surface area contributed by atoms with Crippen molar-refractivity contribution in [2.45, 2.75) is 32.0 Å². The molecule has 0 saturated heterocycles. The van der Waals surface area contributed by atoms with Gasteiger partial charge < -0.3 is 0 Å². The highest BCUT2D eigenvalue weighted by Gasteiger charge is 2.14. The first-order valence-corrected chi connectivity index (χ1v) is 7.65. The second-order valence-corrected chi connectivity index (χ2v) is 6.50. The average molecular weight is 309 g/mol. The Hall–Kier alpha value is -0.600. The Bertz CT molecular complexity index is 513. The van der Waals surface area contributed by atoms with Gasteiger partial charge in [-0.3, -0.25) is 0 Å². The number of hydrogen-bond acceptors (Lipinski definition) is 1. The molecule has 0 nitrogen and oxygen atoms in total. The lowest BCUT2D eigenvalue weighted by molar-refractivity contribution is 1.16. The topological polar surface area (TPSA) is 0 Å². The zero-order valence-electron chi connectivity index (χ0n) is 10.5. The van der Waals surface area contributed by atoms with E-state index < -0.39 is 0 Å². The first-order chi connectivity index (χ1) is 8.11. The van der Waals surface area contributed by atoms with Gasteiger partial charge >= 0.3 is 0 Å². The van der Waals surface area contributed by atoms with Crippen molar-refractivity contribution >= 4 is 27.3 Å². The Morgan fingerprint density at radius 1 is 1.18 bits per heavy atom. The minimum atomic E-state index is 0.327. The molecule has 0 aliphatic carbocycles. The van der Waals surface area contributed by atoms with Gasteiger partial charge in [-0.2, -0.15) is 0 Å². The van der Waals surface area contributed by atoms with Crippen LogP contribution in [0.2, 0.25) is 0 Å². The SMILES string of the molecule is CCc1ccc(C(Br)c2cc(C)ccc2C)s1. The van der Waals surface area contributed by atoms with Crippen molar-refractivity contribution in [1.82, 2.24) is 0 Å². The van der Waals surface area contributed by atoms with E-state index in [1.54, 1.807) is 0 Å². The number of alkyl halides is 1. The highest BCUT2D eigenvalue weighted by atomic mass is 79.9. The number of aryl methyl sites for hydroxylation is 3. The summed E-state index contributed by atoms with van der Waals surface area (Å²) in [6.07, 6.45) is 1.12. The lowest BCUT2D eigenvalue weighted by atomic mass is 10.0. The van der Waals surface area contributed by atoms with E-state index in [2.05, 4.69) is 67.0 Å². The van der Waals surface area contributed by atoms with E-state index in [4.69, 9.17) is 0 Å². The lowest BCUT2D eigenvalue weighted by Crippen LogP contribution is -1.94. The first kappa shape index (κ1) is 12.8. The molecular weight excluding hydrogens is 292 g/mol. The number of thiophene rings is 1. The van der Waals surface area contributed by atoms with E-state index in [1.165, 1.54) is 26.4 Å². The molecule has 0 aliphatic heterocycles. The van der Waals surface area contributed by atoms with Crippen molar-refractivity contribution in [3.05, 3.63) is 56.8 Å². The first-order valence-electron chi connectivity index (χ1n) is 5.91. The maximum Gasteiger partial charge on any atom is 0.0740 e. The van der Waals surface area contributed by atoms with Crippen molar-refractivity contribution in [1.29, 1.82) is 0 Å². The van der Waals surface area contributed by atoms with E-state index in [-0.39, 0.29) is 0 Å². The fourth-order valence-corrected chi connectivity index (χ4v) is 3.78. The Kier molecular flexibility index (Phi) is 4.05. The summed E-state index contributed by atoms with van der Waals surface area (Å²) >= 11 is 5.74. The fourth-order valence-electron chi connectivity index (χ4n) is 1.91. The molecule has 1 atom stereocenters. The molecule has 0 spiro atoms. The molecule has 2 heteroatoms. The summed E-state index contributed by atoms with van der Waals surface area (Å²) in [6, 6.07) is 11.1. The summed E-state index contributed by atoms with van der Waals surface area (Å²) in [4.78, 5) is 3.18. The van der Waals surface area contributed by atoms with Crippen LogP contribution in [0.15, 0.2) is 30.3 Å². The zero-order chi connectivity index (χ0) is 12.4. The van der Waals surface area contributed by atoms with Gasteiger partial charge in [0, 0.05) is 9.75 Å². The van der Waals surface area contributed by atoms with Gasteiger partial charge in [0.1, 0.15) is 0 Å². The van der Waals surface area contributed by atoms with Crippen molar-refractivity contribution in [2.24, 2.45) is 0 Å². The zero-order valence-corrected chi connectivity index (χ0v) is 12.9. The minimum Gasteiger partial charge on any atom is -0.144 e. The largest absolute Gasteiger partial charge is 0.144 e. The van der Waals surface area contributed by atoms with Crippen LogP contribution in [-0.4, -0.2) is 0 Å². The summed E-state index contributed by atoms with van der Waals surface area (Å²) < 4.78 is 0. The molecule has 0 radical (unpaired) electrons. The predicted molar refractivity (Wildman–Crippen MR) is 80.4 cm³/mol. The van der Waals surface area contributed by atoms with Gasteiger partial charge in [-0.15, -0.1) is 11.3 Å². The van der Waals surface area contributed by atoms with E-state index in [0.29, 0.717) is 4.83 Å². The molecular formula is C15H17BrS. The Balaban J connectivity index is 2.35. The van der Waals surface area contributed by atoms with Gasteiger partial charge in [0.25, 0.3) is 0 Å². The number of halogens is 1. The van der Waals surface area contributed by atoms with Crippen molar-refractivity contribution in [3.63, 3.8) is 0 Å². The van der Waals surface area contributed by atoms with Gasteiger partial charge in [0.05, 0.1) is 4.83 Å². The van der Waals surface area contributed by atoms with E-state index >= 15 is 0 Å². The highest BCUT2D eigenvalue weighted by Crippen LogP contribution is 2.37. The van der Waals surface area contributed by atoms with E-state index in [0.717, 1.165) is 6.42 Å². The third kappa shape index (κ3) is 2.80. The summed E-state index contributed by atoms with van der Waals surface area (Å²) in [5.41, 5.74) is 4.06. The van der Waals surface area contributed by atoms with Gasteiger partial charge in [0.15, 0.2) is 0 Å². The summed E-state index contributed by atoms with van der Waals surface area (Å²) in [7, 11) is 0. The minimum absolute atomic E-state index is 0.327. The molecule has 1 aromatic heterocycles. The van der Waals surface area contributed by atoms with Gasteiger partial charge in [-0.25, -0.2) is 0 Å². The highest BCUT2D eigenvalue weighted by molar-refractivity contribution is 9.09. The molecule has 0 bridgehead atoms. The molecule has 0 amide bonds. The smallest absolute Gasteiger partial charge is 0.0740 e. The monoisotopic (exact) mass is 308 g/mol. The number of benzene rings is 1. The van der Waals surface area contributed by atoms with Crippen molar-refractivity contribution < 1.29 is 0 Å². The van der Waals surface area contributed by atoms with Crippen LogP contribution >= 0.6 is 27.3 Å². The molecule has 0 saturated carbocycles. The Morgan fingerprint density at radius 2 is 1.94 bits per heavy atom.